The molecule has 0 aliphatic heterocycles. The minimum absolute atomic E-state index is 0.108. The van der Waals surface area contributed by atoms with E-state index in [1.807, 2.05) is 0 Å². The SMILES string of the molecule is C/C=C\C(=C(/C)C(F)(F)F)c1cc2ccc(OC(C)=O)cc2oc1=O. The Kier molecular flexibility index (Phi) is 5.15. The van der Waals surface area contributed by atoms with Gasteiger partial charge >= 0.3 is 17.8 Å². The van der Waals surface area contributed by atoms with Gasteiger partial charge in [-0.1, -0.05) is 12.2 Å². The van der Waals surface area contributed by atoms with Gasteiger partial charge in [-0.3, -0.25) is 4.79 Å². The number of alkyl halides is 3. The number of fused-ring (bicyclic) bond motifs is 1. The number of hydrogen-bond acceptors (Lipinski definition) is 4. The Morgan fingerprint density at radius 2 is 1.88 bits per heavy atom. The van der Waals surface area contributed by atoms with E-state index < -0.39 is 23.3 Å². The monoisotopic (exact) mass is 352 g/mol. The molecule has 0 N–H and O–H groups in total. The molecule has 2 rings (SSSR count). The second-order valence-corrected chi connectivity index (χ2v) is 5.28. The fourth-order valence-corrected chi connectivity index (χ4v) is 2.24. The van der Waals surface area contributed by atoms with Crippen molar-refractivity contribution in [2.75, 3.05) is 0 Å². The van der Waals surface area contributed by atoms with Crippen molar-refractivity contribution in [3.8, 4) is 5.75 Å². The molecule has 0 radical (unpaired) electrons. The van der Waals surface area contributed by atoms with E-state index in [1.165, 1.54) is 43.3 Å². The molecular weight excluding hydrogens is 337 g/mol. The lowest BCUT2D eigenvalue weighted by Gasteiger charge is -2.12. The Labute approximate surface area is 141 Å². The molecule has 2 aromatic rings. The summed E-state index contributed by atoms with van der Waals surface area (Å²) < 4.78 is 49.2. The van der Waals surface area contributed by atoms with Crippen LogP contribution in [0.5, 0.6) is 5.75 Å². The van der Waals surface area contributed by atoms with Crippen molar-refractivity contribution >= 4 is 22.5 Å². The molecular formula is C18H15F3O4. The van der Waals surface area contributed by atoms with Crippen molar-refractivity contribution in [1.29, 1.82) is 0 Å². The maximum Gasteiger partial charge on any atom is 0.413 e. The van der Waals surface area contributed by atoms with Crippen LogP contribution in [0.1, 0.15) is 26.3 Å². The molecule has 0 amide bonds. The van der Waals surface area contributed by atoms with Gasteiger partial charge in [0.1, 0.15) is 11.3 Å². The predicted molar refractivity (Wildman–Crippen MR) is 87.3 cm³/mol. The Balaban J connectivity index is 2.68. The van der Waals surface area contributed by atoms with Gasteiger partial charge in [0.25, 0.3) is 0 Å². The van der Waals surface area contributed by atoms with Crippen molar-refractivity contribution < 1.29 is 27.1 Å². The fourth-order valence-electron chi connectivity index (χ4n) is 2.24. The van der Waals surface area contributed by atoms with Gasteiger partial charge in [0.15, 0.2) is 0 Å². The van der Waals surface area contributed by atoms with Crippen LogP contribution in [0.3, 0.4) is 0 Å². The lowest BCUT2D eigenvalue weighted by molar-refractivity contribution is -0.131. The van der Waals surface area contributed by atoms with E-state index in [1.54, 1.807) is 6.92 Å². The van der Waals surface area contributed by atoms with Crippen molar-refractivity contribution in [3.63, 3.8) is 0 Å². The van der Waals surface area contributed by atoms with Crippen molar-refractivity contribution in [1.82, 2.24) is 0 Å². The summed E-state index contributed by atoms with van der Waals surface area (Å²) in [6.07, 6.45) is -1.94. The highest BCUT2D eigenvalue weighted by atomic mass is 19.4. The fraction of sp³-hybridized carbons (Fsp3) is 0.222. The van der Waals surface area contributed by atoms with Gasteiger partial charge in [-0.25, -0.2) is 4.79 Å². The van der Waals surface area contributed by atoms with Crippen molar-refractivity contribution in [2.24, 2.45) is 0 Å². The van der Waals surface area contributed by atoms with E-state index >= 15 is 0 Å². The zero-order chi connectivity index (χ0) is 18.8. The zero-order valence-corrected chi connectivity index (χ0v) is 13.7. The summed E-state index contributed by atoms with van der Waals surface area (Å²) in [7, 11) is 0. The molecule has 0 saturated heterocycles. The number of allylic oxidation sites excluding steroid dienone is 4. The first kappa shape index (κ1) is 18.5. The summed E-state index contributed by atoms with van der Waals surface area (Å²) in [5.74, 6) is -0.371. The van der Waals surface area contributed by atoms with E-state index in [0.29, 0.717) is 5.39 Å². The van der Waals surface area contributed by atoms with Crippen LogP contribution in [0.4, 0.5) is 13.2 Å². The average Bonchev–Trinajstić information content (AvgIpc) is 2.50. The number of carbonyl (C=O) groups is 1. The third kappa shape index (κ3) is 4.17. The summed E-state index contributed by atoms with van der Waals surface area (Å²) in [5, 5.41) is 0.405. The van der Waals surface area contributed by atoms with Gasteiger partial charge in [-0.15, -0.1) is 0 Å². The highest BCUT2D eigenvalue weighted by molar-refractivity contribution is 5.85. The molecule has 0 aliphatic rings. The number of hydrogen-bond donors (Lipinski definition) is 0. The van der Waals surface area contributed by atoms with Gasteiger partial charge in [0, 0.05) is 23.9 Å². The first-order valence-electron chi connectivity index (χ1n) is 7.31. The summed E-state index contributed by atoms with van der Waals surface area (Å²) >= 11 is 0. The summed E-state index contributed by atoms with van der Waals surface area (Å²) in [4.78, 5) is 23.2. The predicted octanol–water partition coefficient (Wildman–Crippen LogP) is 4.63. The number of rotatable bonds is 3. The lowest BCUT2D eigenvalue weighted by Crippen LogP contribution is -2.14. The number of halogens is 3. The molecule has 1 heterocycles. The number of esters is 1. The van der Waals surface area contributed by atoms with Crippen LogP contribution in [0.25, 0.3) is 16.5 Å². The lowest BCUT2D eigenvalue weighted by atomic mass is 10.00. The average molecular weight is 352 g/mol. The normalized spacial score (nSPS) is 13.2. The largest absolute Gasteiger partial charge is 0.427 e. The van der Waals surface area contributed by atoms with E-state index in [9.17, 15) is 22.8 Å². The Morgan fingerprint density at radius 1 is 1.20 bits per heavy atom. The molecule has 0 spiro atoms. The first-order valence-corrected chi connectivity index (χ1v) is 7.31. The molecule has 25 heavy (non-hydrogen) atoms. The molecule has 0 saturated carbocycles. The Bertz CT molecular complexity index is 933. The maximum atomic E-state index is 13.1. The second-order valence-electron chi connectivity index (χ2n) is 5.28. The smallest absolute Gasteiger partial charge is 0.413 e. The molecule has 7 heteroatoms. The molecule has 4 nitrogen and oxygen atoms in total. The quantitative estimate of drug-likeness (QED) is 0.350. The summed E-state index contributed by atoms with van der Waals surface area (Å²) in [6.45, 7) is 3.68. The van der Waals surface area contributed by atoms with Crippen LogP contribution in [-0.2, 0) is 4.79 Å². The first-order chi connectivity index (χ1) is 11.6. The number of ether oxygens (including phenoxy) is 1. The van der Waals surface area contributed by atoms with Crippen molar-refractivity contribution in [3.05, 3.63) is 58.0 Å². The summed E-state index contributed by atoms with van der Waals surface area (Å²) in [5.41, 5.74) is -2.15. The van der Waals surface area contributed by atoms with Crippen LogP contribution in [0, 0.1) is 0 Å². The molecule has 0 atom stereocenters. The number of benzene rings is 1. The minimum Gasteiger partial charge on any atom is -0.427 e. The van der Waals surface area contributed by atoms with Crippen LogP contribution in [0.15, 0.2) is 51.2 Å². The highest BCUT2D eigenvalue weighted by Gasteiger charge is 2.33. The topological polar surface area (TPSA) is 56.5 Å². The molecule has 1 aromatic heterocycles. The standard InChI is InChI=1S/C18H15F3O4/c1-4-5-14(10(2)18(19,20)21)15-8-12-6-7-13(24-11(3)22)9-16(12)25-17(15)23/h4-9H,1-3H3/b5-4-,14-10-. The van der Waals surface area contributed by atoms with Gasteiger partial charge in [-0.2, -0.15) is 13.2 Å². The van der Waals surface area contributed by atoms with Crippen LogP contribution in [-0.4, -0.2) is 12.1 Å². The van der Waals surface area contributed by atoms with Crippen LogP contribution in [0.2, 0.25) is 0 Å². The van der Waals surface area contributed by atoms with Gasteiger partial charge in [0.2, 0.25) is 0 Å². The van der Waals surface area contributed by atoms with Gasteiger partial charge in [0.05, 0.1) is 5.56 Å². The third-order valence-corrected chi connectivity index (χ3v) is 3.42. The maximum absolute atomic E-state index is 13.1. The molecule has 0 aliphatic carbocycles. The van der Waals surface area contributed by atoms with Crippen LogP contribution < -0.4 is 10.4 Å². The van der Waals surface area contributed by atoms with Crippen molar-refractivity contribution in [2.45, 2.75) is 26.9 Å². The van der Waals surface area contributed by atoms with E-state index in [0.717, 1.165) is 6.92 Å². The second kappa shape index (κ2) is 6.96. The number of carbonyl (C=O) groups excluding carboxylic acids is 1. The van der Waals surface area contributed by atoms with Gasteiger partial charge < -0.3 is 9.15 Å². The Hall–Kier alpha value is -2.83. The van der Waals surface area contributed by atoms with Crippen LogP contribution >= 0.6 is 0 Å². The Morgan fingerprint density at radius 3 is 2.44 bits per heavy atom. The minimum atomic E-state index is -4.57. The van der Waals surface area contributed by atoms with Gasteiger partial charge in [-0.05, 0) is 37.6 Å². The molecule has 0 unspecified atom stereocenters. The zero-order valence-electron chi connectivity index (χ0n) is 13.7. The molecule has 1 aromatic carbocycles. The van der Waals surface area contributed by atoms with E-state index in [-0.39, 0.29) is 22.5 Å². The molecule has 0 fully saturated rings. The highest BCUT2D eigenvalue weighted by Crippen LogP contribution is 2.33. The molecule has 0 bridgehead atoms. The van der Waals surface area contributed by atoms with E-state index in [4.69, 9.17) is 9.15 Å². The summed E-state index contributed by atoms with van der Waals surface area (Å²) in [6, 6.07) is 5.61. The van der Waals surface area contributed by atoms with E-state index in [2.05, 4.69) is 0 Å². The third-order valence-electron chi connectivity index (χ3n) is 3.42. The molecule has 132 valence electrons.